The van der Waals surface area contributed by atoms with E-state index in [4.69, 9.17) is 11.5 Å². The van der Waals surface area contributed by atoms with Gasteiger partial charge in [0.05, 0.1) is 11.7 Å². The van der Waals surface area contributed by atoms with E-state index in [1.54, 1.807) is 6.20 Å². The van der Waals surface area contributed by atoms with Gasteiger partial charge in [-0.3, -0.25) is 4.98 Å². The molecular formula is C7H12ClN3. The highest BCUT2D eigenvalue weighted by molar-refractivity contribution is 5.85. The van der Waals surface area contributed by atoms with E-state index in [-0.39, 0.29) is 18.4 Å². The third-order valence-corrected chi connectivity index (χ3v) is 1.32. The monoisotopic (exact) mass is 173 g/mol. The van der Waals surface area contributed by atoms with Gasteiger partial charge in [-0.2, -0.15) is 0 Å². The zero-order chi connectivity index (χ0) is 7.40. The Labute approximate surface area is 72.2 Å². The van der Waals surface area contributed by atoms with Gasteiger partial charge >= 0.3 is 0 Å². The summed E-state index contributed by atoms with van der Waals surface area (Å²) in [7, 11) is 0. The topological polar surface area (TPSA) is 64.9 Å². The van der Waals surface area contributed by atoms with Crippen LogP contribution in [0.3, 0.4) is 0 Å². The fraction of sp³-hybridized carbons (Fsp3) is 0.286. The van der Waals surface area contributed by atoms with Crippen molar-refractivity contribution >= 4 is 12.4 Å². The molecule has 4 N–H and O–H groups in total. The van der Waals surface area contributed by atoms with Crippen molar-refractivity contribution in [3.8, 4) is 0 Å². The summed E-state index contributed by atoms with van der Waals surface area (Å²) >= 11 is 0. The largest absolute Gasteiger partial charge is 0.329 e. The molecule has 1 aromatic rings. The molecule has 3 nitrogen and oxygen atoms in total. The van der Waals surface area contributed by atoms with Crippen LogP contribution in [0.25, 0.3) is 0 Å². The highest BCUT2D eigenvalue weighted by Gasteiger charge is 2.01. The first-order valence-corrected chi connectivity index (χ1v) is 3.21. The van der Waals surface area contributed by atoms with Crippen molar-refractivity contribution in [3.63, 3.8) is 0 Å². The molecule has 0 aliphatic rings. The summed E-state index contributed by atoms with van der Waals surface area (Å²) in [6.45, 7) is 0.441. The molecular weight excluding hydrogens is 162 g/mol. The number of rotatable bonds is 2. The lowest BCUT2D eigenvalue weighted by Gasteiger charge is -2.05. The van der Waals surface area contributed by atoms with E-state index in [1.807, 2.05) is 18.2 Å². The number of nitrogens with two attached hydrogens (primary N) is 2. The minimum absolute atomic E-state index is 0. The van der Waals surface area contributed by atoms with Crippen LogP contribution in [0.2, 0.25) is 0 Å². The lowest BCUT2D eigenvalue weighted by molar-refractivity contribution is 0.711. The van der Waals surface area contributed by atoms with Crippen molar-refractivity contribution in [2.45, 2.75) is 6.04 Å². The Kier molecular flexibility index (Phi) is 4.77. The number of nitrogens with zero attached hydrogens (tertiary/aromatic N) is 1. The lowest BCUT2D eigenvalue weighted by atomic mass is 10.2. The zero-order valence-corrected chi connectivity index (χ0v) is 6.92. The van der Waals surface area contributed by atoms with Crippen LogP contribution in [0.4, 0.5) is 0 Å². The number of aromatic nitrogens is 1. The van der Waals surface area contributed by atoms with E-state index >= 15 is 0 Å². The molecule has 1 rings (SSSR count). The number of hydrogen-bond donors (Lipinski definition) is 2. The van der Waals surface area contributed by atoms with Gasteiger partial charge in [0, 0.05) is 12.7 Å². The molecule has 0 aromatic carbocycles. The molecule has 0 fully saturated rings. The summed E-state index contributed by atoms with van der Waals surface area (Å²) in [6.07, 6.45) is 1.71. The summed E-state index contributed by atoms with van der Waals surface area (Å²) < 4.78 is 0. The van der Waals surface area contributed by atoms with Gasteiger partial charge < -0.3 is 11.5 Å². The van der Waals surface area contributed by atoms with Crippen molar-refractivity contribution in [1.29, 1.82) is 0 Å². The van der Waals surface area contributed by atoms with Gasteiger partial charge in [0.25, 0.3) is 0 Å². The van der Waals surface area contributed by atoms with Gasteiger partial charge in [-0.05, 0) is 12.1 Å². The highest BCUT2D eigenvalue weighted by Crippen LogP contribution is 2.02. The Morgan fingerprint density at radius 3 is 2.64 bits per heavy atom. The van der Waals surface area contributed by atoms with Gasteiger partial charge in [0.1, 0.15) is 0 Å². The molecule has 0 aliphatic carbocycles. The van der Waals surface area contributed by atoms with Crippen LogP contribution in [-0.4, -0.2) is 11.5 Å². The lowest BCUT2D eigenvalue weighted by Crippen LogP contribution is -2.21. The van der Waals surface area contributed by atoms with Gasteiger partial charge in [0.15, 0.2) is 0 Å². The Morgan fingerprint density at radius 2 is 2.18 bits per heavy atom. The second-order valence-electron chi connectivity index (χ2n) is 2.10. The Bertz CT molecular complexity index is 190. The molecule has 4 heteroatoms. The van der Waals surface area contributed by atoms with E-state index in [2.05, 4.69) is 4.98 Å². The minimum atomic E-state index is -0.124. The molecule has 1 unspecified atom stereocenters. The number of hydrogen-bond acceptors (Lipinski definition) is 3. The maximum Gasteiger partial charge on any atom is 0.0594 e. The molecule has 11 heavy (non-hydrogen) atoms. The SMILES string of the molecule is Cl.NCC(N)c1ccccn1. The fourth-order valence-electron chi connectivity index (χ4n) is 0.716. The maximum atomic E-state index is 5.61. The molecule has 1 heterocycles. The Hall–Kier alpha value is -0.640. The summed E-state index contributed by atoms with van der Waals surface area (Å²) in [4.78, 5) is 4.04. The van der Waals surface area contributed by atoms with Crippen LogP contribution in [0.1, 0.15) is 11.7 Å². The first-order chi connectivity index (χ1) is 4.84. The predicted molar refractivity (Wildman–Crippen MR) is 47.5 cm³/mol. The Balaban J connectivity index is 0.000001000. The van der Waals surface area contributed by atoms with Gasteiger partial charge in [-0.25, -0.2) is 0 Å². The molecule has 0 spiro atoms. The maximum absolute atomic E-state index is 5.61. The highest BCUT2D eigenvalue weighted by atomic mass is 35.5. The summed E-state index contributed by atoms with van der Waals surface area (Å²) in [5.74, 6) is 0. The molecule has 0 aliphatic heterocycles. The molecule has 1 atom stereocenters. The van der Waals surface area contributed by atoms with E-state index < -0.39 is 0 Å². The number of pyridine rings is 1. The fourth-order valence-corrected chi connectivity index (χ4v) is 0.716. The van der Waals surface area contributed by atoms with Crippen LogP contribution in [0, 0.1) is 0 Å². The van der Waals surface area contributed by atoms with Crippen molar-refractivity contribution in [2.75, 3.05) is 6.54 Å². The average molecular weight is 174 g/mol. The first kappa shape index (κ1) is 10.4. The smallest absolute Gasteiger partial charge is 0.0594 e. The third-order valence-electron chi connectivity index (χ3n) is 1.32. The number of halogens is 1. The molecule has 0 radical (unpaired) electrons. The normalized spacial score (nSPS) is 11.8. The van der Waals surface area contributed by atoms with Gasteiger partial charge in [-0.15, -0.1) is 12.4 Å². The molecule has 0 saturated carbocycles. The molecule has 62 valence electrons. The predicted octanol–water partition coefficient (Wildman–Crippen LogP) is 0.462. The summed E-state index contributed by atoms with van der Waals surface area (Å²) in [6, 6.07) is 5.50. The quantitative estimate of drug-likeness (QED) is 0.683. The van der Waals surface area contributed by atoms with Crippen LogP contribution in [-0.2, 0) is 0 Å². The summed E-state index contributed by atoms with van der Waals surface area (Å²) in [5, 5.41) is 0. The molecule has 1 aromatic heterocycles. The zero-order valence-electron chi connectivity index (χ0n) is 6.10. The third kappa shape index (κ3) is 2.84. The first-order valence-electron chi connectivity index (χ1n) is 3.21. The second-order valence-corrected chi connectivity index (χ2v) is 2.10. The standard InChI is InChI=1S/C7H11N3.ClH/c8-5-6(9)7-3-1-2-4-10-7;/h1-4,6H,5,8-9H2;1H. The minimum Gasteiger partial charge on any atom is -0.329 e. The van der Waals surface area contributed by atoms with Gasteiger partial charge in [-0.1, -0.05) is 6.07 Å². The van der Waals surface area contributed by atoms with E-state index in [9.17, 15) is 0 Å². The van der Waals surface area contributed by atoms with Crippen LogP contribution in [0.5, 0.6) is 0 Å². The van der Waals surface area contributed by atoms with E-state index in [1.165, 1.54) is 0 Å². The van der Waals surface area contributed by atoms with Crippen LogP contribution >= 0.6 is 12.4 Å². The summed E-state index contributed by atoms with van der Waals surface area (Å²) in [5.41, 5.74) is 11.8. The van der Waals surface area contributed by atoms with Crippen molar-refractivity contribution in [2.24, 2.45) is 11.5 Å². The van der Waals surface area contributed by atoms with Crippen LogP contribution < -0.4 is 11.5 Å². The average Bonchev–Trinajstić information content (AvgIpc) is 2.05. The Morgan fingerprint density at radius 1 is 1.45 bits per heavy atom. The van der Waals surface area contributed by atoms with E-state index in [0.717, 1.165) is 5.69 Å². The van der Waals surface area contributed by atoms with Crippen molar-refractivity contribution in [3.05, 3.63) is 30.1 Å². The van der Waals surface area contributed by atoms with E-state index in [0.29, 0.717) is 6.54 Å². The van der Waals surface area contributed by atoms with Crippen LogP contribution in [0.15, 0.2) is 24.4 Å². The van der Waals surface area contributed by atoms with Crippen molar-refractivity contribution in [1.82, 2.24) is 4.98 Å². The molecule has 0 saturated heterocycles. The molecule has 0 amide bonds. The second kappa shape index (κ2) is 5.07. The van der Waals surface area contributed by atoms with Gasteiger partial charge in [0.2, 0.25) is 0 Å². The van der Waals surface area contributed by atoms with Crippen molar-refractivity contribution < 1.29 is 0 Å². The molecule has 0 bridgehead atoms.